The second-order valence-electron chi connectivity index (χ2n) is 7.34. The van der Waals surface area contributed by atoms with Crippen molar-refractivity contribution in [3.05, 3.63) is 59.9 Å². The van der Waals surface area contributed by atoms with Gasteiger partial charge in [-0.15, -0.1) is 0 Å². The number of sulfonamides is 1. The summed E-state index contributed by atoms with van der Waals surface area (Å²) in [5.41, 5.74) is 1.07. The van der Waals surface area contributed by atoms with Crippen LogP contribution in [-0.2, 0) is 21.2 Å². The van der Waals surface area contributed by atoms with Gasteiger partial charge in [0.25, 0.3) is 0 Å². The highest BCUT2D eigenvalue weighted by Gasteiger charge is 2.35. The van der Waals surface area contributed by atoms with Crippen molar-refractivity contribution in [2.24, 2.45) is 0 Å². The van der Waals surface area contributed by atoms with Crippen molar-refractivity contribution in [2.75, 3.05) is 5.32 Å². The van der Waals surface area contributed by atoms with E-state index in [4.69, 9.17) is 0 Å². The first-order valence-corrected chi connectivity index (χ1v) is 10.9. The van der Waals surface area contributed by atoms with E-state index in [9.17, 15) is 17.6 Å². The second-order valence-corrected chi connectivity index (χ2v) is 9.19. The number of benzene rings is 2. The van der Waals surface area contributed by atoms with E-state index < -0.39 is 10.0 Å². The molecule has 1 aliphatic rings. The Hall–Kier alpha value is -2.25. The highest BCUT2D eigenvalue weighted by Crippen LogP contribution is 2.29. The van der Waals surface area contributed by atoms with E-state index >= 15 is 0 Å². The first kappa shape index (κ1) is 20.5. The van der Waals surface area contributed by atoms with Crippen LogP contribution in [0.2, 0.25) is 0 Å². The third-order valence-electron chi connectivity index (χ3n) is 5.08. The smallest absolute Gasteiger partial charge is 0.243 e. The van der Waals surface area contributed by atoms with E-state index in [1.165, 1.54) is 24.3 Å². The van der Waals surface area contributed by atoms with Gasteiger partial charge < -0.3 is 5.32 Å². The highest BCUT2D eigenvalue weighted by molar-refractivity contribution is 7.89. The van der Waals surface area contributed by atoms with Crippen LogP contribution in [0.15, 0.2) is 53.4 Å². The molecule has 7 heteroatoms. The van der Waals surface area contributed by atoms with Gasteiger partial charge in [0.2, 0.25) is 15.9 Å². The largest absolute Gasteiger partial charge is 0.326 e. The molecule has 0 aromatic heterocycles. The van der Waals surface area contributed by atoms with Gasteiger partial charge in [0.1, 0.15) is 5.82 Å². The maximum Gasteiger partial charge on any atom is 0.243 e. The minimum Gasteiger partial charge on any atom is -0.326 e. The molecular weight excluding hydrogens is 379 g/mol. The Balaban J connectivity index is 1.69. The molecule has 28 heavy (non-hydrogen) atoms. The standard InChI is InChI=1S/C21H25FN2O3S/c1-15-5-3-6-16(2)24(15)28(26,27)20-11-9-19(10-12-20)23-21(25)14-17-7-4-8-18(22)13-17/h4,7-13,15-16H,3,5-6,14H2,1-2H3,(H,23,25). The van der Waals surface area contributed by atoms with Gasteiger partial charge in [0, 0.05) is 17.8 Å². The van der Waals surface area contributed by atoms with E-state index in [2.05, 4.69) is 5.32 Å². The number of carbonyl (C=O) groups excluding carboxylic acids is 1. The fourth-order valence-electron chi connectivity index (χ4n) is 3.74. The van der Waals surface area contributed by atoms with Gasteiger partial charge in [0.15, 0.2) is 0 Å². The van der Waals surface area contributed by atoms with Crippen molar-refractivity contribution < 1.29 is 17.6 Å². The van der Waals surface area contributed by atoms with Gasteiger partial charge in [-0.25, -0.2) is 12.8 Å². The van der Waals surface area contributed by atoms with Gasteiger partial charge in [-0.3, -0.25) is 4.79 Å². The third kappa shape index (κ3) is 4.59. The highest BCUT2D eigenvalue weighted by atomic mass is 32.2. The molecular formula is C21H25FN2O3S. The minimum absolute atomic E-state index is 0.0283. The lowest BCUT2D eigenvalue weighted by Crippen LogP contribution is -2.47. The molecule has 0 bridgehead atoms. The Labute approximate surface area is 165 Å². The molecule has 0 radical (unpaired) electrons. The quantitative estimate of drug-likeness (QED) is 0.820. The Morgan fingerprint density at radius 3 is 2.36 bits per heavy atom. The molecule has 0 saturated carbocycles. The molecule has 1 amide bonds. The summed E-state index contributed by atoms with van der Waals surface area (Å²) in [6.45, 7) is 3.88. The normalized spacial score (nSPS) is 20.7. The average Bonchev–Trinajstić information content (AvgIpc) is 2.61. The number of anilines is 1. The molecule has 1 saturated heterocycles. The van der Waals surface area contributed by atoms with Gasteiger partial charge in [-0.1, -0.05) is 18.6 Å². The number of halogens is 1. The molecule has 2 unspecified atom stereocenters. The molecule has 3 rings (SSSR count). The van der Waals surface area contributed by atoms with E-state index in [0.29, 0.717) is 11.3 Å². The summed E-state index contributed by atoms with van der Waals surface area (Å²) in [7, 11) is -3.58. The van der Waals surface area contributed by atoms with Crippen molar-refractivity contribution in [1.29, 1.82) is 0 Å². The van der Waals surface area contributed by atoms with Crippen molar-refractivity contribution in [1.82, 2.24) is 4.31 Å². The number of hydrogen-bond acceptors (Lipinski definition) is 3. The van der Waals surface area contributed by atoms with Crippen molar-refractivity contribution in [2.45, 2.75) is 56.5 Å². The van der Waals surface area contributed by atoms with Crippen LogP contribution in [0.5, 0.6) is 0 Å². The number of rotatable bonds is 5. The predicted molar refractivity (Wildman–Crippen MR) is 107 cm³/mol. The maximum absolute atomic E-state index is 13.2. The topological polar surface area (TPSA) is 66.5 Å². The molecule has 1 heterocycles. The lowest BCUT2D eigenvalue weighted by atomic mass is 10.0. The lowest BCUT2D eigenvalue weighted by molar-refractivity contribution is -0.115. The Morgan fingerprint density at radius 1 is 1.11 bits per heavy atom. The first-order chi connectivity index (χ1) is 13.3. The van der Waals surface area contributed by atoms with E-state index in [-0.39, 0.29) is 35.1 Å². The zero-order valence-electron chi connectivity index (χ0n) is 16.1. The SMILES string of the molecule is CC1CCCC(C)N1S(=O)(=O)c1ccc(NC(=O)Cc2cccc(F)c2)cc1. The zero-order chi connectivity index (χ0) is 20.3. The molecule has 5 nitrogen and oxygen atoms in total. The van der Waals surface area contributed by atoms with Crippen molar-refractivity contribution >= 4 is 21.6 Å². The van der Waals surface area contributed by atoms with Gasteiger partial charge in [0.05, 0.1) is 11.3 Å². The Bertz CT molecular complexity index is 934. The van der Waals surface area contributed by atoms with Crippen LogP contribution >= 0.6 is 0 Å². The van der Waals surface area contributed by atoms with Crippen LogP contribution < -0.4 is 5.32 Å². The zero-order valence-corrected chi connectivity index (χ0v) is 16.9. The molecule has 1 aliphatic heterocycles. The van der Waals surface area contributed by atoms with Crippen LogP contribution in [0, 0.1) is 5.82 Å². The third-order valence-corrected chi connectivity index (χ3v) is 7.22. The molecule has 1 fully saturated rings. The van der Waals surface area contributed by atoms with Gasteiger partial charge in [-0.05, 0) is 68.7 Å². The van der Waals surface area contributed by atoms with E-state index in [1.54, 1.807) is 28.6 Å². The molecule has 0 spiro atoms. The van der Waals surface area contributed by atoms with E-state index in [0.717, 1.165) is 19.3 Å². The van der Waals surface area contributed by atoms with Crippen LogP contribution in [0.25, 0.3) is 0 Å². The van der Waals surface area contributed by atoms with Crippen molar-refractivity contribution in [3.8, 4) is 0 Å². The van der Waals surface area contributed by atoms with Gasteiger partial charge in [-0.2, -0.15) is 4.31 Å². The van der Waals surface area contributed by atoms with Crippen LogP contribution in [-0.4, -0.2) is 30.7 Å². The van der Waals surface area contributed by atoms with Gasteiger partial charge >= 0.3 is 0 Å². The summed E-state index contributed by atoms with van der Waals surface area (Å²) in [6, 6.07) is 12.0. The fourth-order valence-corrected chi connectivity index (χ4v) is 5.62. The first-order valence-electron chi connectivity index (χ1n) is 9.45. The summed E-state index contributed by atoms with van der Waals surface area (Å²) in [4.78, 5) is 12.4. The molecule has 2 atom stereocenters. The number of nitrogens with one attached hydrogen (secondary N) is 1. The predicted octanol–water partition coefficient (Wildman–Crippen LogP) is 3.96. The van der Waals surface area contributed by atoms with Crippen LogP contribution in [0.4, 0.5) is 10.1 Å². The number of nitrogens with zero attached hydrogens (tertiary/aromatic N) is 1. The maximum atomic E-state index is 13.2. The number of hydrogen-bond donors (Lipinski definition) is 1. The summed E-state index contributed by atoms with van der Waals surface area (Å²) >= 11 is 0. The average molecular weight is 405 g/mol. The Morgan fingerprint density at radius 2 is 1.75 bits per heavy atom. The summed E-state index contributed by atoms with van der Waals surface area (Å²) < 4.78 is 40.8. The van der Waals surface area contributed by atoms with Crippen LogP contribution in [0.3, 0.4) is 0 Å². The Kier molecular flexibility index (Phi) is 6.15. The van der Waals surface area contributed by atoms with E-state index in [1.807, 2.05) is 13.8 Å². The summed E-state index contributed by atoms with van der Waals surface area (Å²) in [5, 5.41) is 2.72. The summed E-state index contributed by atoms with van der Waals surface area (Å²) in [5.74, 6) is -0.680. The molecule has 2 aromatic rings. The minimum atomic E-state index is -3.58. The lowest BCUT2D eigenvalue weighted by Gasteiger charge is -2.37. The second kappa shape index (κ2) is 8.41. The summed E-state index contributed by atoms with van der Waals surface area (Å²) in [6.07, 6.45) is 2.79. The molecule has 0 aliphatic carbocycles. The number of piperidine rings is 1. The monoisotopic (exact) mass is 404 g/mol. The number of amides is 1. The molecule has 150 valence electrons. The molecule has 2 aromatic carbocycles. The fraction of sp³-hybridized carbons (Fsp3) is 0.381. The molecule has 1 N–H and O–H groups in total. The van der Waals surface area contributed by atoms with Crippen LogP contribution in [0.1, 0.15) is 38.7 Å². The number of carbonyl (C=O) groups is 1. The van der Waals surface area contributed by atoms with Crippen molar-refractivity contribution in [3.63, 3.8) is 0 Å².